The van der Waals surface area contributed by atoms with Crippen LogP contribution in [0.25, 0.3) is 0 Å². The van der Waals surface area contributed by atoms with E-state index in [9.17, 15) is 4.79 Å². The van der Waals surface area contributed by atoms with E-state index in [-0.39, 0.29) is 5.91 Å². The topological polar surface area (TPSA) is 51.2 Å². The number of methoxy groups -OCH3 is 1. The molecule has 0 saturated heterocycles. The van der Waals surface area contributed by atoms with Crippen LogP contribution in [0.3, 0.4) is 0 Å². The third-order valence-electron chi connectivity index (χ3n) is 3.33. The van der Waals surface area contributed by atoms with Crippen LogP contribution in [0.2, 0.25) is 0 Å². The van der Waals surface area contributed by atoms with Gasteiger partial charge in [0.2, 0.25) is 0 Å². The maximum Gasteiger partial charge on any atom is 0.252 e. The number of thiazole rings is 1. The van der Waals surface area contributed by atoms with E-state index in [1.165, 1.54) is 0 Å². The standard InChI is InChI=1S/C15H18N2O2S/c1-4-15(2,14-16-8-9-20-14)17-13(18)11-6-5-7-12(10-11)19-3/h5-10H,4H2,1-3H3,(H,17,18)/t15-/m0/s1. The van der Waals surface area contributed by atoms with Crippen molar-refractivity contribution >= 4 is 17.2 Å². The molecule has 1 N–H and O–H groups in total. The lowest BCUT2D eigenvalue weighted by Gasteiger charge is -2.27. The maximum atomic E-state index is 12.4. The van der Waals surface area contributed by atoms with E-state index in [2.05, 4.69) is 10.3 Å². The Morgan fingerprint density at radius 2 is 2.30 bits per heavy atom. The highest BCUT2D eigenvalue weighted by atomic mass is 32.1. The molecule has 0 saturated carbocycles. The van der Waals surface area contributed by atoms with Gasteiger partial charge in [-0.1, -0.05) is 13.0 Å². The summed E-state index contributed by atoms with van der Waals surface area (Å²) < 4.78 is 5.14. The van der Waals surface area contributed by atoms with Crippen LogP contribution in [0.4, 0.5) is 0 Å². The summed E-state index contributed by atoms with van der Waals surface area (Å²) in [5.41, 5.74) is 0.134. The van der Waals surface area contributed by atoms with E-state index >= 15 is 0 Å². The highest BCUT2D eigenvalue weighted by Crippen LogP contribution is 2.27. The van der Waals surface area contributed by atoms with Gasteiger partial charge in [-0.25, -0.2) is 4.98 Å². The highest BCUT2D eigenvalue weighted by molar-refractivity contribution is 7.09. The molecule has 1 atom stereocenters. The molecule has 0 aliphatic carbocycles. The Hall–Kier alpha value is -1.88. The summed E-state index contributed by atoms with van der Waals surface area (Å²) in [5, 5.41) is 5.90. The minimum Gasteiger partial charge on any atom is -0.497 e. The van der Waals surface area contributed by atoms with Gasteiger partial charge in [-0.15, -0.1) is 11.3 Å². The van der Waals surface area contributed by atoms with E-state index in [4.69, 9.17) is 4.74 Å². The number of hydrogen-bond donors (Lipinski definition) is 1. The van der Waals surface area contributed by atoms with Crippen molar-refractivity contribution in [2.75, 3.05) is 7.11 Å². The first-order valence-electron chi connectivity index (χ1n) is 6.45. The Labute approximate surface area is 122 Å². The number of aromatic nitrogens is 1. The molecule has 0 radical (unpaired) electrons. The molecule has 20 heavy (non-hydrogen) atoms. The van der Waals surface area contributed by atoms with Crippen molar-refractivity contribution in [3.05, 3.63) is 46.4 Å². The predicted molar refractivity (Wildman–Crippen MR) is 80.2 cm³/mol. The molecule has 0 spiro atoms. The molecule has 0 fully saturated rings. The van der Waals surface area contributed by atoms with Gasteiger partial charge < -0.3 is 10.1 Å². The molecule has 1 aromatic carbocycles. The van der Waals surface area contributed by atoms with Crippen LogP contribution in [-0.4, -0.2) is 18.0 Å². The molecule has 1 heterocycles. The van der Waals surface area contributed by atoms with Crippen LogP contribution in [0.5, 0.6) is 5.75 Å². The van der Waals surface area contributed by atoms with Gasteiger partial charge >= 0.3 is 0 Å². The van der Waals surface area contributed by atoms with E-state index in [1.54, 1.807) is 42.8 Å². The average Bonchev–Trinajstić information content (AvgIpc) is 3.02. The minimum atomic E-state index is -0.450. The third kappa shape index (κ3) is 2.99. The van der Waals surface area contributed by atoms with Crippen LogP contribution in [0.1, 0.15) is 35.6 Å². The zero-order valence-electron chi connectivity index (χ0n) is 11.8. The SMILES string of the molecule is CC[C@](C)(NC(=O)c1cccc(OC)c1)c1nccs1. The third-order valence-corrected chi connectivity index (χ3v) is 4.37. The van der Waals surface area contributed by atoms with E-state index in [0.717, 1.165) is 11.4 Å². The minimum absolute atomic E-state index is 0.122. The average molecular weight is 290 g/mol. The van der Waals surface area contributed by atoms with Gasteiger partial charge in [0.25, 0.3) is 5.91 Å². The Kier molecular flexibility index (Phi) is 4.39. The van der Waals surface area contributed by atoms with Crippen LogP contribution in [0, 0.1) is 0 Å². The van der Waals surface area contributed by atoms with Crippen molar-refractivity contribution in [1.29, 1.82) is 0 Å². The van der Waals surface area contributed by atoms with Gasteiger partial charge in [-0.05, 0) is 31.5 Å². The molecule has 5 heteroatoms. The molecular weight excluding hydrogens is 272 g/mol. The van der Waals surface area contributed by atoms with Gasteiger partial charge in [0, 0.05) is 17.1 Å². The van der Waals surface area contributed by atoms with Gasteiger partial charge in [-0.2, -0.15) is 0 Å². The molecule has 1 aromatic heterocycles. The molecule has 0 aliphatic rings. The van der Waals surface area contributed by atoms with E-state index in [0.29, 0.717) is 11.3 Å². The smallest absolute Gasteiger partial charge is 0.252 e. The van der Waals surface area contributed by atoms with Crippen molar-refractivity contribution in [3.63, 3.8) is 0 Å². The lowest BCUT2D eigenvalue weighted by Crippen LogP contribution is -2.43. The predicted octanol–water partition coefficient (Wildman–Crippen LogP) is 3.21. The first kappa shape index (κ1) is 14.5. The van der Waals surface area contributed by atoms with Crippen molar-refractivity contribution in [2.24, 2.45) is 0 Å². The molecule has 2 rings (SSSR count). The monoisotopic (exact) mass is 290 g/mol. The molecule has 1 amide bonds. The number of nitrogens with zero attached hydrogens (tertiary/aromatic N) is 1. The van der Waals surface area contributed by atoms with Gasteiger partial charge in [0.15, 0.2) is 0 Å². The molecule has 0 unspecified atom stereocenters. The first-order chi connectivity index (χ1) is 9.59. The number of rotatable bonds is 5. The lowest BCUT2D eigenvalue weighted by atomic mass is 9.99. The maximum absolute atomic E-state index is 12.4. The highest BCUT2D eigenvalue weighted by Gasteiger charge is 2.29. The molecule has 2 aromatic rings. The molecule has 4 nitrogen and oxygen atoms in total. The molecular formula is C15H18N2O2S. The Morgan fingerprint density at radius 3 is 2.90 bits per heavy atom. The van der Waals surface area contributed by atoms with E-state index in [1.807, 2.05) is 25.3 Å². The fraction of sp³-hybridized carbons (Fsp3) is 0.333. The quantitative estimate of drug-likeness (QED) is 0.920. The zero-order valence-corrected chi connectivity index (χ0v) is 12.7. The van der Waals surface area contributed by atoms with Gasteiger partial charge in [0.05, 0.1) is 12.6 Å². The number of hydrogen-bond acceptors (Lipinski definition) is 4. The van der Waals surface area contributed by atoms with Gasteiger partial charge in [-0.3, -0.25) is 4.79 Å². The van der Waals surface area contributed by atoms with Crippen LogP contribution in [-0.2, 0) is 5.54 Å². The number of nitrogens with one attached hydrogen (secondary N) is 1. The Balaban J connectivity index is 2.21. The summed E-state index contributed by atoms with van der Waals surface area (Å²) in [5.74, 6) is 0.550. The van der Waals surface area contributed by atoms with Crippen molar-refractivity contribution in [3.8, 4) is 5.75 Å². The van der Waals surface area contributed by atoms with Crippen LogP contribution < -0.4 is 10.1 Å². The van der Waals surface area contributed by atoms with E-state index < -0.39 is 5.54 Å². The summed E-state index contributed by atoms with van der Waals surface area (Å²) in [6, 6.07) is 7.13. The zero-order chi connectivity index (χ0) is 14.6. The summed E-state index contributed by atoms with van der Waals surface area (Å²) in [7, 11) is 1.59. The van der Waals surface area contributed by atoms with Gasteiger partial charge in [0.1, 0.15) is 10.8 Å². The summed E-state index contributed by atoms with van der Waals surface area (Å²) in [6.07, 6.45) is 2.53. The second-order valence-corrected chi connectivity index (χ2v) is 5.60. The first-order valence-corrected chi connectivity index (χ1v) is 7.33. The summed E-state index contributed by atoms with van der Waals surface area (Å²) in [4.78, 5) is 16.7. The number of carbonyl (C=O) groups excluding carboxylic acids is 1. The number of carbonyl (C=O) groups is 1. The van der Waals surface area contributed by atoms with Crippen molar-refractivity contribution in [1.82, 2.24) is 10.3 Å². The van der Waals surface area contributed by atoms with Crippen molar-refractivity contribution in [2.45, 2.75) is 25.8 Å². The summed E-state index contributed by atoms with van der Waals surface area (Å²) >= 11 is 1.55. The van der Waals surface area contributed by atoms with Crippen molar-refractivity contribution < 1.29 is 9.53 Å². The normalized spacial score (nSPS) is 13.6. The fourth-order valence-electron chi connectivity index (χ4n) is 1.88. The number of amides is 1. The number of ether oxygens (including phenoxy) is 1. The lowest BCUT2D eigenvalue weighted by molar-refractivity contribution is 0.0901. The molecule has 0 bridgehead atoms. The van der Waals surface area contributed by atoms with Crippen LogP contribution >= 0.6 is 11.3 Å². The Morgan fingerprint density at radius 1 is 1.50 bits per heavy atom. The molecule has 0 aliphatic heterocycles. The largest absolute Gasteiger partial charge is 0.497 e. The Bertz CT molecular complexity index is 583. The van der Waals surface area contributed by atoms with Crippen LogP contribution in [0.15, 0.2) is 35.8 Å². The fourth-order valence-corrected chi connectivity index (χ4v) is 2.70. The number of benzene rings is 1. The second kappa shape index (κ2) is 6.05. The summed E-state index contributed by atoms with van der Waals surface area (Å²) in [6.45, 7) is 4.02. The molecule has 106 valence electrons. The second-order valence-electron chi connectivity index (χ2n) is 4.71.